The standard InChI is InChI=1S/C13H13NO3/c1-17-13(16)11-8-5-9-14(11)12(15)10-6-3-2-4-7-10/h2-7,9,11H,8H2,1H3/t11-/m0/s1. The van der Waals surface area contributed by atoms with Gasteiger partial charge in [0, 0.05) is 11.8 Å². The molecule has 2 rings (SSSR count). The monoisotopic (exact) mass is 231 g/mol. The molecule has 1 atom stereocenters. The summed E-state index contributed by atoms with van der Waals surface area (Å²) >= 11 is 0. The quantitative estimate of drug-likeness (QED) is 0.726. The Balaban J connectivity index is 2.19. The zero-order valence-corrected chi connectivity index (χ0v) is 9.50. The van der Waals surface area contributed by atoms with Gasteiger partial charge in [-0.1, -0.05) is 24.3 Å². The van der Waals surface area contributed by atoms with Crippen molar-refractivity contribution < 1.29 is 14.3 Å². The van der Waals surface area contributed by atoms with E-state index in [1.54, 1.807) is 36.5 Å². The first kappa shape index (κ1) is 11.4. The fraction of sp³-hybridized carbons (Fsp3) is 0.231. The van der Waals surface area contributed by atoms with Gasteiger partial charge in [0.25, 0.3) is 5.91 Å². The van der Waals surface area contributed by atoms with Gasteiger partial charge in [-0.2, -0.15) is 0 Å². The van der Waals surface area contributed by atoms with Crippen molar-refractivity contribution in [3.05, 3.63) is 48.2 Å². The van der Waals surface area contributed by atoms with E-state index in [0.29, 0.717) is 12.0 Å². The maximum atomic E-state index is 12.1. The molecule has 88 valence electrons. The van der Waals surface area contributed by atoms with Crippen molar-refractivity contribution in [1.82, 2.24) is 4.90 Å². The Morgan fingerprint density at radius 3 is 2.65 bits per heavy atom. The molecule has 1 amide bonds. The number of nitrogens with zero attached hydrogens (tertiary/aromatic N) is 1. The molecule has 0 aliphatic carbocycles. The number of esters is 1. The highest BCUT2D eigenvalue weighted by Gasteiger charge is 2.32. The molecule has 1 heterocycles. The third kappa shape index (κ3) is 2.20. The normalized spacial score (nSPS) is 18.2. The predicted molar refractivity (Wildman–Crippen MR) is 62.2 cm³/mol. The van der Waals surface area contributed by atoms with Gasteiger partial charge in [-0.3, -0.25) is 4.79 Å². The summed E-state index contributed by atoms with van der Waals surface area (Å²) in [6, 6.07) is 8.34. The van der Waals surface area contributed by atoms with E-state index in [1.165, 1.54) is 12.0 Å². The molecule has 1 aliphatic heterocycles. The molecule has 0 radical (unpaired) electrons. The Kier molecular flexibility index (Phi) is 3.23. The van der Waals surface area contributed by atoms with E-state index in [1.807, 2.05) is 6.07 Å². The molecule has 0 aromatic heterocycles. The average Bonchev–Trinajstić information content (AvgIpc) is 2.87. The average molecular weight is 231 g/mol. The molecule has 1 aromatic rings. The summed E-state index contributed by atoms with van der Waals surface area (Å²) in [5.41, 5.74) is 0.563. The van der Waals surface area contributed by atoms with Gasteiger partial charge in [0.1, 0.15) is 6.04 Å². The molecule has 0 N–H and O–H groups in total. The van der Waals surface area contributed by atoms with Crippen LogP contribution < -0.4 is 0 Å². The van der Waals surface area contributed by atoms with Gasteiger partial charge in [-0.05, 0) is 18.6 Å². The predicted octanol–water partition coefficient (Wildman–Crippen LogP) is 1.59. The van der Waals surface area contributed by atoms with Crippen molar-refractivity contribution in [2.45, 2.75) is 12.5 Å². The molecule has 0 unspecified atom stereocenters. The first-order valence-electron chi connectivity index (χ1n) is 5.36. The van der Waals surface area contributed by atoms with E-state index in [-0.39, 0.29) is 11.9 Å². The lowest BCUT2D eigenvalue weighted by molar-refractivity contribution is -0.144. The fourth-order valence-electron chi connectivity index (χ4n) is 1.81. The Bertz CT molecular complexity index is 453. The summed E-state index contributed by atoms with van der Waals surface area (Å²) in [4.78, 5) is 25.1. The van der Waals surface area contributed by atoms with Gasteiger partial charge in [0.05, 0.1) is 7.11 Å². The Morgan fingerprint density at radius 2 is 2.00 bits per heavy atom. The minimum atomic E-state index is -0.535. The van der Waals surface area contributed by atoms with Crippen LogP contribution in [0, 0.1) is 0 Å². The maximum Gasteiger partial charge on any atom is 0.329 e. The van der Waals surface area contributed by atoms with E-state index < -0.39 is 6.04 Å². The largest absolute Gasteiger partial charge is 0.467 e. The van der Waals surface area contributed by atoms with Gasteiger partial charge < -0.3 is 9.64 Å². The van der Waals surface area contributed by atoms with E-state index in [9.17, 15) is 9.59 Å². The molecule has 0 spiro atoms. The highest BCUT2D eigenvalue weighted by atomic mass is 16.5. The van der Waals surface area contributed by atoms with E-state index >= 15 is 0 Å². The summed E-state index contributed by atoms with van der Waals surface area (Å²) in [7, 11) is 1.33. The van der Waals surface area contributed by atoms with Crippen molar-refractivity contribution >= 4 is 11.9 Å². The van der Waals surface area contributed by atoms with Crippen LogP contribution in [0.25, 0.3) is 0 Å². The number of carbonyl (C=O) groups excluding carboxylic acids is 2. The second-order valence-electron chi connectivity index (χ2n) is 3.74. The Morgan fingerprint density at radius 1 is 1.29 bits per heavy atom. The summed E-state index contributed by atoms with van der Waals surface area (Å²) in [5.74, 6) is -0.575. The summed E-state index contributed by atoms with van der Waals surface area (Å²) < 4.78 is 4.68. The number of hydrogen-bond acceptors (Lipinski definition) is 3. The zero-order chi connectivity index (χ0) is 12.3. The van der Waals surface area contributed by atoms with Gasteiger partial charge in [0.15, 0.2) is 0 Å². The second kappa shape index (κ2) is 4.82. The zero-order valence-electron chi connectivity index (χ0n) is 9.50. The Hall–Kier alpha value is -2.10. The molecule has 1 aliphatic rings. The lowest BCUT2D eigenvalue weighted by Gasteiger charge is -2.21. The van der Waals surface area contributed by atoms with Crippen molar-refractivity contribution in [1.29, 1.82) is 0 Å². The van der Waals surface area contributed by atoms with Crippen LogP contribution >= 0.6 is 0 Å². The van der Waals surface area contributed by atoms with Crippen molar-refractivity contribution in [3.8, 4) is 0 Å². The first-order chi connectivity index (χ1) is 8.24. The highest BCUT2D eigenvalue weighted by molar-refractivity contribution is 5.97. The smallest absolute Gasteiger partial charge is 0.329 e. The summed E-state index contributed by atoms with van der Waals surface area (Å²) in [6.07, 6.45) is 3.94. The molecular weight excluding hydrogens is 218 g/mol. The molecule has 0 fully saturated rings. The van der Waals surface area contributed by atoms with Crippen LogP contribution in [-0.2, 0) is 9.53 Å². The third-order valence-corrected chi connectivity index (χ3v) is 2.69. The van der Waals surface area contributed by atoms with E-state index in [0.717, 1.165) is 0 Å². The molecule has 4 heteroatoms. The topological polar surface area (TPSA) is 46.6 Å². The molecule has 1 aromatic carbocycles. The number of ether oxygens (including phenoxy) is 1. The van der Waals surface area contributed by atoms with Crippen molar-refractivity contribution in [3.63, 3.8) is 0 Å². The van der Waals surface area contributed by atoms with Crippen LogP contribution in [-0.4, -0.2) is 29.9 Å². The van der Waals surface area contributed by atoms with Gasteiger partial charge in [-0.15, -0.1) is 0 Å². The van der Waals surface area contributed by atoms with Crippen LogP contribution in [0.3, 0.4) is 0 Å². The van der Waals surface area contributed by atoms with E-state index in [2.05, 4.69) is 4.74 Å². The lowest BCUT2D eigenvalue weighted by atomic mass is 10.1. The summed E-state index contributed by atoms with van der Waals surface area (Å²) in [6.45, 7) is 0. The van der Waals surface area contributed by atoms with Crippen LogP contribution in [0.5, 0.6) is 0 Å². The van der Waals surface area contributed by atoms with Crippen LogP contribution in [0.1, 0.15) is 16.8 Å². The minimum Gasteiger partial charge on any atom is -0.467 e. The summed E-state index contributed by atoms with van der Waals surface area (Å²) in [5, 5.41) is 0. The molecular formula is C13H13NO3. The van der Waals surface area contributed by atoms with Crippen molar-refractivity contribution in [2.24, 2.45) is 0 Å². The van der Waals surface area contributed by atoms with Gasteiger partial charge in [0.2, 0.25) is 0 Å². The van der Waals surface area contributed by atoms with E-state index in [4.69, 9.17) is 0 Å². The lowest BCUT2D eigenvalue weighted by Crippen LogP contribution is -2.39. The molecule has 0 bridgehead atoms. The SMILES string of the molecule is COC(=O)[C@@H]1CC=CN1C(=O)c1ccccc1. The molecule has 0 saturated heterocycles. The van der Waals surface area contributed by atoms with Gasteiger partial charge >= 0.3 is 5.97 Å². The second-order valence-corrected chi connectivity index (χ2v) is 3.74. The van der Waals surface area contributed by atoms with Crippen LogP contribution in [0.2, 0.25) is 0 Å². The van der Waals surface area contributed by atoms with Crippen LogP contribution in [0.4, 0.5) is 0 Å². The number of carbonyl (C=O) groups is 2. The Labute approximate surface area is 99.5 Å². The number of methoxy groups -OCH3 is 1. The maximum absolute atomic E-state index is 12.1. The van der Waals surface area contributed by atoms with Crippen molar-refractivity contribution in [2.75, 3.05) is 7.11 Å². The van der Waals surface area contributed by atoms with Crippen LogP contribution in [0.15, 0.2) is 42.6 Å². The number of hydrogen-bond donors (Lipinski definition) is 0. The molecule has 0 saturated carbocycles. The number of benzene rings is 1. The number of rotatable bonds is 2. The number of amides is 1. The highest BCUT2D eigenvalue weighted by Crippen LogP contribution is 2.18. The first-order valence-corrected chi connectivity index (χ1v) is 5.36. The molecule has 4 nitrogen and oxygen atoms in total. The third-order valence-electron chi connectivity index (χ3n) is 2.69. The fourth-order valence-corrected chi connectivity index (χ4v) is 1.81. The molecule has 17 heavy (non-hydrogen) atoms. The van der Waals surface area contributed by atoms with Gasteiger partial charge in [-0.25, -0.2) is 4.79 Å². The minimum absolute atomic E-state index is 0.185.